The largest absolute Gasteiger partial charge is 0.495 e. The summed E-state index contributed by atoms with van der Waals surface area (Å²) in [5.74, 6) is 1.81. The van der Waals surface area contributed by atoms with Gasteiger partial charge in [0, 0.05) is 26.1 Å². The molecule has 1 amide bonds. The third-order valence-corrected chi connectivity index (χ3v) is 5.41. The molecule has 0 aliphatic carbocycles. The second-order valence-electron chi connectivity index (χ2n) is 5.52. The van der Waals surface area contributed by atoms with E-state index >= 15 is 0 Å². The van der Waals surface area contributed by atoms with Crippen molar-refractivity contribution < 1.29 is 14.3 Å². The van der Waals surface area contributed by atoms with Gasteiger partial charge in [0.15, 0.2) is 5.13 Å². The number of aromatic nitrogens is 1. The van der Waals surface area contributed by atoms with E-state index in [0.717, 1.165) is 52.8 Å². The Morgan fingerprint density at radius 3 is 2.52 bits per heavy atom. The summed E-state index contributed by atoms with van der Waals surface area (Å²) in [6.07, 6.45) is 1.70. The molecule has 1 fully saturated rings. The van der Waals surface area contributed by atoms with Crippen LogP contribution in [0.25, 0.3) is 10.2 Å². The summed E-state index contributed by atoms with van der Waals surface area (Å²) in [5.41, 5.74) is 0.834. The maximum absolute atomic E-state index is 11.7. The van der Waals surface area contributed by atoms with Gasteiger partial charge in [0.25, 0.3) is 0 Å². The number of anilines is 1. The fraction of sp³-hybridized carbons (Fsp3) is 0.500. The molecule has 23 heavy (non-hydrogen) atoms. The number of methoxy groups -OCH3 is 2. The van der Waals surface area contributed by atoms with Crippen molar-refractivity contribution >= 4 is 32.6 Å². The van der Waals surface area contributed by atoms with E-state index in [9.17, 15) is 4.79 Å². The van der Waals surface area contributed by atoms with Crippen molar-refractivity contribution in [3.8, 4) is 11.5 Å². The highest BCUT2D eigenvalue weighted by molar-refractivity contribution is 7.22. The smallest absolute Gasteiger partial charge is 0.222 e. The molecule has 1 aliphatic heterocycles. The predicted octanol–water partition coefficient (Wildman–Crippen LogP) is 2.28. The zero-order chi connectivity index (χ0) is 16.4. The summed E-state index contributed by atoms with van der Waals surface area (Å²) in [6.45, 7) is 1.67. The lowest BCUT2D eigenvalue weighted by atomic mass is 9.96. The summed E-state index contributed by atoms with van der Waals surface area (Å²) in [4.78, 5) is 18.7. The van der Waals surface area contributed by atoms with Crippen LogP contribution >= 0.6 is 11.3 Å². The molecule has 124 valence electrons. The molecule has 0 saturated carbocycles. The topological polar surface area (TPSA) is 63.7 Å². The maximum Gasteiger partial charge on any atom is 0.222 e. The molecule has 6 nitrogen and oxygen atoms in total. The van der Waals surface area contributed by atoms with Crippen LogP contribution in [0.15, 0.2) is 12.1 Å². The van der Waals surface area contributed by atoms with E-state index < -0.39 is 0 Å². The molecule has 3 rings (SSSR count). The first-order valence-electron chi connectivity index (χ1n) is 7.66. The molecule has 7 heteroatoms. The van der Waals surface area contributed by atoms with E-state index in [1.54, 1.807) is 32.6 Å². The van der Waals surface area contributed by atoms with Gasteiger partial charge in [-0.1, -0.05) is 11.3 Å². The van der Waals surface area contributed by atoms with Gasteiger partial charge < -0.3 is 19.7 Å². The van der Waals surface area contributed by atoms with Crippen molar-refractivity contribution in [2.45, 2.75) is 12.8 Å². The Kier molecular flexibility index (Phi) is 4.56. The molecule has 2 heterocycles. The molecule has 0 unspecified atom stereocenters. The first kappa shape index (κ1) is 15.9. The highest BCUT2D eigenvalue weighted by atomic mass is 32.1. The van der Waals surface area contributed by atoms with Crippen LogP contribution in [0.5, 0.6) is 11.5 Å². The lowest BCUT2D eigenvalue weighted by Crippen LogP contribution is -2.39. The highest BCUT2D eigenvalue weighted by Crippen LogP contribution is 2.40. The van der Waals surface area contributed by atoms with Crippen LogP contribution in [0.2, 0.25) is 0 Å². The standard InChI is InChI=1S/C16H21N3O3S/c1-17-15(20)10-6-8-19(9-7-10)16-18-13-11(21-2)4-5-12(22-3)14(13)23-16/h4-5,10H,6-9H2,1-3H3,(H,17,20). The van der Waals surface area contributed by atoms with Gasteiger partial charge in [0.05, 0.1) is 14.2 Å². The Hall–Kier alpha value is -2.02. The fourth-order valence-electron chi connectivity index (χ4n) is 2.95. The highest BCUT2D eigenvalue weighted by Gasteiger charge is 2.26. The molecule has 1 aromatic heterocycles. The lowest BCUT2D eigenvalue weighted by Gasteiger charge is -2.30. The van der Waals surface area contributed by atoms with E-state index in [4.69, 9.17) is 14.5 Å². The number of carbonyl (C=O) groups is 1. The normalized spacial score (nSPS) is 15.7. The van der Waals surface area contributed by atoms with Gasteiger partial charge >= 0.3 is 0 Å². The molecule has 0 radical (unpaired) electrons. The van der Waals surface area contributed by atoms with E-state index in [2.05, 4.69) is 10.2 Å². The van der Waals surface area contributed by atoms with Crippen molar-refractivity contribution in [2.24, 2.45) is 5.92 Å². The van der Waals surface area contributed by atoms with Gasteiger partial charge in [0.2, 0.25) is 5.91 Å². The van der Waals surface area contributed by atoms with Crippen LogP contribution in [-0.2, 0) is 4.79 Å². The molecule has 2 aromatic rings. The third-order valence-electron chi connectivity index (χ3n) is 4.28. The minimum Gasteiger partial charge on any atom is -0.495 e. The van der Waals surface area contributed by atoms with E-state index in [0.29, 0.717) is 0 Å². The van der Waals surface area contributed by atoms with E-state index in [1.807, 2.05) is 12.1 Å². The summed E-state index contributed by atoms with van der Waals surface area (Å²) < 4.78 is 11.8. The number of ether oxygens (including phenoxy) is 2. The first-order chi connectivity index (χ1) is 11.2. The number of hydrogen-bond donors (Lipinski definition) is 1. The van der Waals surface area contributed by atoms with Gasteiger partial charge in [-0.15, -0.1) is 0 Å². The number of carbonyl (C=O) groups excluding carboxylic acids is 1. The van der Waals surface area contributed by atoms with E-state index in [1.165, 1.54) is 0 Å². The molecule has 1 aliphatic rings. The lowest BCUT2D eigenvalue weighted by molar-refractivity contribution is -0.125. The maximum atomic E-state index is 11.7. The Morgan fingerprint density at radius 1 is 1.26 bits per heavy atom. The number of fused-ring (bicyclic) bond motifs is 1. The number of hydrogen-bond acceptors (Lipinski definition) is 6. The number of nitrogens with one attached hydrogen (secondary N) is 1. The van der Waals surface area contributed by atoms with Crippen LogP contribution < -0.4 is 19.7 Å². The minimum atomic E-state index is 0.106. The molecule has 0 atom stereocenters. The van der Waals surface area contributed by atoms with Gasteiger partial charge in [-0.3, -0.25) is 4.79 Å². The third kappa shape index (κ3) is 2.93. The van der Waals surface area contributed by atoms with Crippen LogP contribution in [0.1, 0.15) is 12.8 Å². The van der Waals surface area contributed by atoms with Gasteiger partial charge in [-0.2, -0.15) is 0 Å². The molecule has 1 aromatic carbocycles. The monoisotopic (exact) mass is 335 g/mol. The second kappa shape index (κ2) is 6.62. The zero-order valence-electron chi connectivity index (χ0n) is 13.6. The number of rotatable bonds is 4. The number of benzene rings is 1. The fourth-order valence-corrected chi connectivity index (χ4v) is 4.07. The minimum absolute atomic E-state index is 0.106. The predicted molar refractivity (Wildman–Crippen MR) is 91.7 cm³/mol. The van der Waals surface area contributed by atoms with Crippen molar-refractivity contribution in [1.29, 1.82) is 0 Å². The van der Waals surface area contributed by atoms with Crippen LogP contribution in [0.4, 0.5) is 5.13 Å². The quantitative estimate of drug-likeness (QED) is 0.929. The van der Waals surface area contributed by atoms with Crippen molar-refractivity contribution in [3.05, 3.63) is 12.1 Å². The number of nitrogens with zero attached hydrogens (tertiary/aromatic N) is 2. The molecule has 0 bridgehead atoms. The SMILES string of the molecule is CNC(=O)C1CCN(c2nc3c(OC)ccc(OC)c3s2)CC1. The first-order valence-corrected chi connectivity index (χ1v) is 8.47. The Bertz CT molecular complexity index is 667. The van der Waals surface area contributed by atoms with Gasteiger partial charge in [-0.25, -0.2) is 4.98 Å². The number of thiazole rings is 1. The number of amides is 1. The van der Waals surface area contributed by atoms with Crippen molar-refractivity contribution in [3.63, 3.8) is 0 Å². The molecular weight excluding hydrogens is 314 g/mol. The molecular formula is C16H21N3O3S. The average Bonchev–Trinajstić information content (AvgIpc) is 3.05. The van der Waals surface area contributed by atoms with Gasteiger partial charge in [-0.05, 0) is 25.0 Å². The average molecular weight is 335 g/mol. The van der Waals surface area contributed by atoms with Crippen molar-refractivity contribution in [2.75, 3.05) is 39.3 Å². The summed E-state index contributed by atoms with van der Waals surface area (Å²) in [7, 11) is 5.01. The Labute approximate surface area is 139 Å². The second-order valence-corrected chi connectivity index (χ2v) is 6.50. The molecule has 0 spiro atoms. The summed E-state index contributed by atoms with van der Waals surface area (Å²) in [5, 5.41) is 3.69. The number of piperidine rings is 1. The van der Waals surface area contributed by atoms with E-state index in [-0.39, 0.29) is 11.8 Å². The zero-order valence-corrected chi connectivity index (χ0v) is 14.4. The van der Waals surface area contributed by atoms with Crippen LogP contribution in [0, 0.1) is 5.92 Å². The van der Waals surface area contributed by atoms with Gasteiger partial charge in [0.1, 0.15) is 21.7 Å². The summed E-state index contributed by atoms with van der Waals surface area (Å²) >= 11 is 1.61. The molecule has 1 N–H and O–H groups in total. The van der Waals surface area contributed by atoms with Crippen molar-refractivity contribution in [1.82, 2.24) is 10.3 Å². The summed E-state index contributed by atoms with van der Waals surface area (Å²) in [6, 6.07) is 3.78. The van der Waals surface area contributed by atoms with Crippen LogP contribution in [-0.4, -0.2) is 45.2 Å². The van der Waals surface area contributed by atoms with Crippen LogP contribution in [0.3, 0.4) is 0 Å². The Morgan fingerprint density at radius 2 is 1.91 bits per heavy atom. The Balaban J connectivity index is 1.85. The molecule has 1 saturated heterocycles.